The summed E-state index contributed by atoms with van der Waals surface area (Å²) in [4.78, 5) is 23.8. The Morgan fingerprint density at radius 3 is 1.58 bits per heavy atom. The number of aromatic nitrogens is 5. The molecule has 6 aromatic carbocycles. The zero-order valence-corrected chi connectivity index (χ0v) is 28.5. The number of benzene rings is 6. The predicted molar refractivity (Wildman–Crippen MR) is 219 cm³/mol. The Morgan fingerprint density at radius 2 is 0.943 bits per heavy atom. The van der Waals surface area contributed by atoms with Gasteiger partial charge in [-0.2, -0.15) is 0 Å². The van der Waals surface area contributed by atoms with Gasteiger partial charge < -0.3 is 4.98 Å². The third-order valence-corrected chi connectivity index (χ3v) is 10.5. The fourth-order valence-electron chi connectivity index (χ4n) is 8.10. The van der Waals surface area contributed by atoms with E-state index in [-0.39, 0.29) is 0 Å². The summed E-state index contributed by atoms with van der Waals surface area (Å²) in [5, 5.41) is 10.8. The molecule has 11 aromatic rings. The Morgan fingerprint density at radius 1 is 0.377 bits per heavy atom. The minimum absolute atomic E-state index is 0.779. The fourth-order valence-corrected chi connectivity index (χ4v) is 8.10. The molecule has 246 valence electrons. The Labute approximate surface area is 304 Å². The first-order valence-corrected chi connectivity index (χ1v) is 17.8. The molecule has 0 amide bonds. The number of H-pyrrole nitrogens is 1. The van der Waals surface area contributed by atoms with Crippen molar-refractivity contribution in [1.29, 1.82) is 0 Å². The van der Waals surface area contributed by atoms with E-state index in [2.05, 4.69) is 136 Å². The second-order valence-electron chi connectivity index (χ2n) is 13.5. The smallest absolute Gasteiger partial charge is 0.0900 e. The monoisotopic (exact) mass is 675 g/mol. The maximum absolute atomic E-state index is 5.65. The van der Waals surface area contributed by atoms with Crippen molar-refractivity contribution in [2.75, 3.05) is 0 Å². The van der Waals surface area contributed by atoms with Gasteiger partial charge in [0.1, 0.15) is 0 Å². The van der Waals surface area contributed by atoms with Gasteiger partial charge in [0.05, 0.1) is 39.5 Å². The first kappa shape index (κ1) is 29.5. The van der Waals surface area contributed by atoms with E-state index in [0.717, 1.165) is 77.9 Å². The highest BCUT2D eigenvalue weighted by atomic mass is 14.8. The van der Waals surface area contributed by atoms with E-state index >= 15 is 0 Å². The second-order valence-corrected chi connectivity index (χ2v) is 13.5. The van der Waals surface area contributed by atoms with Crippen LogP contribution in [0, 0.1) is 0 Å². The molecule has 11 rings (SSSR count). The van der Waals surface area contributed by atoms with Crippen molar-refractivity contribution >= 4 is 65.0 Å². The Hall–Kier alpha value is -7.24. The van der Waals surface area contributed by atoms with Crippen molar-refractivity contribution in [3.05, 3.63) is 170 Å². The van der Waals surface area contributed by atoms with Crippen molar-refractivity contribution in [3.63, 3.8) is 0 Å². The lowest BCUT2D eigenvalue weighted by Crippen LogP contribution is -1.96. The molecule has 0 bridgehead atoms. The van der Waals surface area contributed by atoms with Crippen molar-refractivity contribution in [2.24, 2.45) is 0 Å². The Balaban J connectivity index is 1.23. The summed E-state index contributed by atoms with van der Waals surface area (Å²) in [5.41, 5.74) is 10.2. The maximum atomic E-state index is 5.65. The van der Waals surface area contributed by atoms with Crippen LogP contribution in [0.25, 0.3) is 110 Å². The van der Waals surface area contributed by atoms with Crippen LogP contribution in [-0.4, -0.2) is 24.9 Å². The first-order chi connectivity index (χ1) is 26.3. The molecular formula is C48H29N5. The number of aromatic amines is 1. The zero-order valence-electron chi connectivity index (χ0n) is 28.5. The van der Waals surface area contributed by atoms with Crippen LogP contribution in [0.1, 0.15) is 0 Å². The third kappa shape index (κ3) is 4.64. The van der Waals surface area contributed by atoms with Crippen LogP contribution in [0.15, 0.2) is 170 Å². The van der Waals surface area contributed by atoms with Gasteiger partial charge in [0.2, 0.25) is 0 Å². The Kier molecular flexibility index (Phi) is 6.48. The lowest BCUT2D eigenvalue weighted by molar-refractivity contribution is 1.22. The molecule has 0 fully saturated rings. The van der Waals surface area contributed by atoms with E-state index in [0.29, 0.717) is 0 Å². The minimum atomic E-state index is 0.779. The standard InChI is InChI=1S/C48H29N5/c1-2-14-34-32(12-1)33-13-3-4-15-35(33)39-26-29(22-23-36(34)39)46-45-37-16-5-6-19-40(37)52-48(45)38-18-11-17-31(47(38)53-46)30-27-43(41-20-7-9-24-49-41)51-44(28-30)42-21-8-10-25-50-42/h1-28,52H. The van der Waals surface area contributed by atoms with Gasteiger partial charge in [0.25, 0.3) is 0 Å². The number of fused-ring (bicyclic) bond motifs is 11. The van der Waals surface area contributed by atoms with Crippen LogP contribution in [0.4, 0.5) is 0 Å². The van der Waals surface area contributed by atoms with Crippen molar-refractivity contribution < 1.29 is 0 Å². The summed E-state index contributed by atoms with van der Waals surface area (Å²) in [5.74, 6) is 0. The van der Waals surface area contributed by atoms with Gasteiger partial charge in [-0.05, 0) is 86.4 Å². The largest absolute Gasteiger partial charge is 0.354 e. The molecular weight excluding hydrogens is 647 g/mol. The number of rotatable bonds is 4. The lowest BCUT2D eigenvalue weighted by Gasteiger charge is -2.15. The number of nitrogens with zero attached hydrogens (tertiary/aromatic N) is 4. The van der Waals surface area contributed by atoms with Gasteiger partial charge in [0.15, 0.2) is 0 Å². The summed E-state index contributed by atoms with van der Waals surface area (Å²) in [7, 11) is 0. The molecule has 5 heteroatoms. The van der Waals surface area contributed by atoms with Gasteiger partial charge in [-0.15, -0.1) is 0 Å². The average molecular weight is 676 g/mol. The molecule has 1 N–H and O–H groups in total. The maximum Gasteiger partial charge on any atom is 0.0900 e. The summed E-state index contributed by atoms with van der Waals surface area (Å²) in [6.07, 6.45) is 3.61. The topological polar surface area (TPSA) is 67.3 Å². The molecule has 5 aromatic heterocycles. The zero-order chi connectivity index (χ0) is 34.9. The van der Waals surface area contributed by atoms with E-state index in [1.807, 2.05) is 36.4 Å². The van der Waals surface area contributed by atoms with Crippen LogP contribution in [0.2, 0.25) is 0 Å². The van der Waals surface area contributed by atoms with Gasteiger partial charge in [-0.25, -0.2) is 9.97 Å². The molecule has 5 nitrogen and oxygen atoms in total. The minimum Gasteiger partial charge on any atom is -0.354 e. The van der Waals surface area contributed by atoms with E-state index < -0.39 is 0 Å². The molecule has 0 saturated carbocycles. The molecule has 0 aliphatic rings. The molecule has 0 aliphatic heterocycles. The highest BCUT2D eigenvalue weighted by molar-refractivity contribution is 6.27. The Bertz CT molecular complexity index is 3130. The van der Waals surface area contributed by atoms with Crippen LogP contribution < -0.4 is 0 Å². The summed E-state index contributed by atoms with van der Waals surface area (Å²) < 4.78 is 0. The van der Waals surface area contributed by atoms with Crippen molar-refractivity contribution in [3.8, 4) is 45.2 Å². The van der Waals surface area contributed by atoms with E-state index in [9.17, 15) is 0 Å². The number of nitrogens with one attached hydrogen (secondary N) is 1. The van der Waals surface area contributed by atoms with Gasteiger partial charge >= 0.3 is 0 Å². The van der Waals surface area contributed by atoms with Crippen LogP contribution in [-0.2, 0) is 0 Å². The summed E-state index contributed by atoms with van der Waals surface area (Å²) >= 11 is 0. The number of pyridine rings is 4. The van der Waals surface area contributed by atoms with Gasteiger partial charge in [0, 0.05) is 45.2 Å². The molecule has 0 spiro atoms. The first-order valence-electron chi connectivity index (χ1n) is 17.8. The van der Waals surface area contributed by atoms with E-state index in [4.69, 9.17) is 9.97 Å². The quantitative estimate of drug-likeness (QED) is 0.189. The van der Waals surface area contributed by atoms with Gasteiger partial charge in [-0.3, -0.25) is 9.97 Å². The number of para-hydroxylation sites is 2. The van der Waals surface area contributed by atoms with Crippen LogP contribution >= 0.6 is 0 Å². The fraction of sp³-hybridized carbons (Fsp3) is 0. The molecule has 0 aliphatic carbocycles. The molecule has 0 saturated heterocycles. The highest BCUT2D eigenvalue weighted by Gasteiger charge is 2.20. The molecule has 0 radical (unpaired) electrons. The lowest BCUT2D eigenvalue weighted by atomic mass is 9.92. The third-order valence-electron chi connectivity index (χ3n) is 10.5. The van der Waals surface area contributed by atoms with Crippen LogP contribution in [0.5, 0.6) is 0 Å². The van der Waals surface area contributed by atoms with E-state index in [1.54, 1.807) is 12.4 Å². The highest BCUT2D eigenvalue weighted by Crippen LogP contribution is 2.43. The average Bonchev–Trinajstić information content (AvgIpc) is 3.64. The predicted octanol–water partition coefficient (Wildman–Crippen LogP) is 12.2. The molecule has 0 atom stereocenters. The number of hydrogen-bond acceptors (Lipinski definition) is 4. The second kappa shape index (κ2) is 11.7. The summed E-state index contributed by atoms with van der Waals surface area (Å²) in [6, 6.07) is 55.4. The van der Waals surface area contributed by atoms with Gasteiger partial charge in [-0.1, -0.05) is 109 Å². The van der Waals surface area contributed by atoms with Crippen molar-refractivity contribution in [1.82, 2.24) is 24.9 Å². The van der Waals surface area contributed by atoms with E-state index in [1.165, 1.54) is 32.3 Å². The normalized spacial score (nSPS) is 11.8. The number of hydrogen-bond donors (Lipinski definition) is 1. The van der Waals surface area contributed by atoms with Crippen molar-refractivity contribution in [2.45, 2.75) is 0 Å². The summed E-state index contributed by atoms with van der Waals surface area (Å²) in [6.45, 7) is 0. The SMILES string of the molecule is c1ccc(-c2cc(-c3cccc4c3nc(-c3ccc5c6ccccc6c6ccccc6c5c3)c3c5ccccc5[nH]c43)cc(-c3ccccn3)n2)nc1. The van der Waals surface area contributed by atoms with Crippen LogP contribution in [0.3, 0.4) is 0 Å². The molecule has 0 unspecified atom stereocenters. The molecule has 53 heavy (non-hydrogen) atoms. The molecule has 5 heterocycles.